The molecule has 0 bridgehead atoms. The molecule has 0 atom stereocenters. The lowest BCUT2D eigenvalue weighted by Crippen LogP contribution is -2.50. The Kier molecular flexibility index (Phi) is 5.84. The van der Waals surface area contributed by atoms with Crippen molar-refractivity contribution >= 4 is 17.6 Å². The maximum absolute atomic E-state index is 12.3. The second kappa shape index (κ2) is 8.45. The Hall–Kier alpha value is -3.09. The van der Waals surface area contributed by atoms with Crippen molar-refractivity contribution in [3.8, 4) is 11.1 Å². The van der Waals surface area contributed by atoms with Crippen LogP contribution in [0.3, 0.4) is 0 Å². The van der Waals surface area contributed by atoms with Gasteiger partial charge in [-0.05, 0) is 64.8 Å². The Morgan fingerprint density at radius 3 is 2.44 bits per heavy atom. The third-order valence-corrected chi connectivity index (χ3v) is 5.72. The zero-order valence-corrected chi connectivity index (χ0v) is 20.0. The molecular weight excluding hydrogens is 402 g/mol. The van der Waals surface area contributed by atoms with Crippen LogP contribution in [0.15, 0.2) is 30.6 Å². The van der Waals surface area contributed by atoms with E-state index in [1.54, 1.807) is 4.90 Å². The van der Waals surface area contributed by atoms with Gasteiger partial charge in [0, 0.05) is 49.7 Å². The summed E-state index contributed by atoms with van der Waals surface area (Å²) in [6.45, 7) is 14.7. The van der Waals surface area contributed by atoms with Crippen LogP contribution in [-0.2, 0) is 11.2 Å². The first-order valence-corrected chi connectivity index (χ1v) is 11.3. The number of anilines is 1. The first kappa shape index (κ1) is 22.1. The van der Waals surface area contributed by atoms with Crippen molar-refractivity contribution in [1.29, 1.82) is 0 Å². The Morgan fingerprint density at radius 1 is 1.06 bits per heavy atom. The second-order valence-corrected chi connectivity index (χ2v) is 9.50. The molecule has 0 radical (unpaired) electrons. The summed E-state index contributed by atoms with van der Waals surface area (Å²) in [5, 5.41) is 0. The van der Waals surface area contributed by atoms with Crippen LogP contribution in [0.1, 0.15) is 44.6 Å². The summed E-state index contributed by atoms with van der Waals surface area (Å²) >= 11 is 0. The number of pyridine rings is 2. The van der Waals surface area contributed by atoms with E-state index in [0.29, 0.717) is 13.1 Å². The Morgan fingerprint density at radius 2 is 1.78 bits per heavy atom. The SMILES string of the molecule is CCc1nc(N2CCN(C(=O)OC(C)(C)C)CC2)ccc1-c1cc(C)c2nc(C)cn2c1. The van der Waals surface area contributed by atoms with E-state index in [4.69, 9.17) is 9.72 Å². The predicted molar refractivity (Wildman–Crippen MR) is 127 cm³/mol. The van der Waals surface area contributed by atoms with Gasteiger partial charge < -0.3 is 18.9 Å². The number of carbonyl (C=O) groups is 1. The predicted octanol–water partition coefficient (Wildman–Crippen LogP) is 4.63. The van der Waals surface area contributed by atoms with Crippen molar-refractivity contribution in [2.45, 2.75) is 53.6 Å². The number of piperazine rings is 1. The number of hydrogen-bond donors (Lipinski definition) is 0. The maximum Gasteiger partial charge on any atom is 0.410 e. The zero-order valence-electron chi connectivity index (χ0n) is 20.0. The largest absolute Gasteiger partial charge is 0.444 e. The summed E-state index contributed by atoms with van der Waals surface area (Å²) in [5.74, 6) is 0.964. The van der Waals surface area contributed by atoms with E-state index < -0.39 is 5.60 Å². The number of ether oxygens (including phenoxy) is 1. The summed E-state index contributed by atoms with van der Waals surface area (Å²) in [6.07, 6.45) is 4.80. The summed E-state index contributed by atoms with van der Waals surface area (Å²) in [5.41, 5.74) is 6.07. The lowest BCUT2D eigenvalue weighted by molar-refractivity contribution is 0.0240. The van der Waals surface area contributed by atoms with E-state index in [1.165, 1.54) is 0 Å². The number of carbonyl (C=O) groups excluding carboxylic acids is 1. The normalized spacial score (nSPS) is 14.8. The van der Waals surface area contributed by atoms with Gasteiger partial charge in [0.15, 0.2) is 0 Å². The monoisotopic (exact) mass is 435 g/mol. The molecule has 170 valence electrons. The molecule has 3 aromatic rings. The van der Waals surface area contributed by atoms with Crippen LogP contribution in [0.2, 0.25) is 0 Å². The zero-order chi connectivity index (χ0) is 23.0. The maximum atomic E-state index is 12.3. The molecule has 32 heavy (non-hydrogen) atoms. The fraction of sp³-hybridized carbons (Fsp3) is 0.480. The van der Waals surface area contributed by atoms with Crippen LogP contribution in [-0.4, -0.2) is 57.1 Å². The molecule has 3 aromatic heterocycles. The van der Waals surface area contributed by atoms with Crippen LogP contribution in [0.4, 0.5) is 10.6 Å². The Balaban J connectivity index is 1.53. The number of hydrogen-bond acceptors (Lipinski definition) is 5. The average Bonchev–Trinajstić information content (AvgIpc) is 3.13. The van der Waals surface area contributed by atoms with Crippen LogP contribution in [0, 0.1) is 13.8 Å². The fourth-order valence-corrected chi connectivity index (χ4v) is 4.18. The first-order chi connectivity index (χ1) is 15.1. The van der Waals surface area contributed by atoms with Crippen molar-refractivity contribution in [1.82, 2.24) is 19.3 Å². The van der Waals surface area contributed by atoms with Crippen molar-refractivity contribution in [3.05, 3.63) is 47.5 Å². The van der Waals surface area contributed by atoms with Gasteiger partial charge >= 0.3 is 6.09 Å². The highest BCUT2D eigenvalue weighted by molar-refractivity contribution is 5.71. The molecule has 4 heterocycles. The molecule has 0 aliphatic carbocycles. The van der Waals surface area contributed by atoms with E-state index in [9.17, 15) is 4.79 Å². The van der Waals surface area contributed by atoms with Crippen LogP contribution in [0.25, 0.3) is 16.8 Å². The molecule has 1 saturated heterocycles. The lowest BCUT2D eigenvalue weighted by atomic mass is 10.0. The minimum Gasteiger partial charge on any atom is -0.444 e. The van der Waals surface area contributed by atoms with Gasteiger partial charge in [-0.2, -0.15) is 0 Å². The molecule has 0 N–H and O–H groups in total. The van der Waals surface area contributed by atoms with Gasteiger partial charge in [-0.15, -0.1) is 0 Å². The molecule has 7 heteroatoms. The quantitative estimate of drug-likeness (QED) is 0.600. The molecule has 4 rings (SSSR count). The van der Waals surface area contributed by atoms with Crippen LogP contribution >= 0.6 is 0 Å². The first-order valence-electron chi connectivity index (χ1n) is 11.3. The van der Waals surface area contributed by atoms with E-state index in [2.05, 4.69) is 58.7 Å². The molecule has 0 spiro atoms. The van der Waals surface area contributed by atoms with Gasteiger partial charge in [-0.1, -0.05) is 6.92 Å². The number of imidazole rings is 1. The van der Waals surface area contributed by atoms with Crippen LogP contribution in [0.5, 0.6) is 0 Å². The molecule has 1 fully saturated rings. The van der Waals surface area contributed by atoms with E-state index in [0.717, 1.165) is 59.1 Å². The second-order valence-electron chi connectivity index (χ2n) is 9.50. The van der Waals surface area contributed by atoms with Gasteiger partial charge in [0.2, 0.25) is 0 Å². The third kappa shape index (κ3) is 4.56. The van der Waals surface area contributed by atoms with Crippen LogP contribution < -0.4 is 4.90 Å². The average molecular weight is 436 g/mol. The number of aryl methyl sites for hydroxylation is 3. The van der Waals surface area contributed by atoms with Gasteiger partial charge in [-0.3, -0.25) is 0 Å². The van der Waals surface area contributed by atoms with Crippen molar-refractivity contribution in [2.75, 3.05) is 31.1 Å². The number of amides is 1. The summed E-state index contributed by atoms with van der Waals surface area (Å²) in [6, 6.07) is 6.46. The molecule has 0 aromatic carbocycles. The molecular formula is C25H33N5O2. The van der Waals surface area contributed by atoms with Crippen molar-refractivity contribution in [3.63, 3.8) is 0 Å². The Labute approximate surface area is 190 Å². The fourth-order valence-electron chi connectivity index (χ4n) is 4.18. The highest BCUT2D eigenvalue weighted by atomic mass is 16.6. The standard InChI is InChI=1S/C25H33N5O2/c1-7-21-20(19-14-17(2)23-26-18(3)15-30(23)16-19)8-9-22(27-21)28-10-12-29(13-11-28)24(31)32-25(4,5)6/h8-9,14-16H,7,10-13H2,1-6H3. The number of aromatic nitrogens is 3. The molecule has 1 aliphatic heterocycles. The molecule has 7 nitrogen and oxygen atoms in total. The third-order valence-electron chi connectivity index (χ3n) is 5.72. The van der Waals surface area contributed by atoms with Crippen molar-refractivity contribution in [2.24, 2.45) is 0 Å². The molecule has 0 unspecified atom stereocenters. The highest BCUT2D eigenvalue weighted by Gasteiger charge is 2.26. The minimum absolute atomic E-state index is 0.241. The minimum atomic E-state index is -0.474. The number of rotatable bonds is 3. The van der Waals surface area contributed by atoms with E-state index in [1.807, 2.05) is 27.7 Å². The molecule has 1 aliphatic rings. The summed E-state index contributed by atoms with van der Waals surface area (Å²) < 4.78 is 7.61. The van der Waals surface area contributed by atoms with Gasteiger partial charge in [-0.25, -0.2) is 14.8 Å². The smallest absolute Gasteiger partial charge is 0.410 e. The van der Waals surface area contributed by atoms with E-state index in [-0.39, 0.29) is 6.09 Å². The number of nitrogens with zero attached hydrogens (tertiary/aromatic N) is 5. The van der Waals surface area contributed by atoms with Gasteiger partial charge in [0.05, 0.1) is 11.4 Å². The molecule has 1 amide bonds. The highest BCUT2D eigenvalue weighted by Crippen LogP contribution is 2.28. The van der Waals surface area contributed by atoms with Gasteiger partial charge in [0.25, 0.3) is 0 Å². The van der Waals surface area contributed by atoms with Gasteiger partial charge in [0.1, 0.15) is 17.1 Å². The molecule has 0 saturated carbocycles. The summed E-state index contributed by atoms with van der Waals surface area (Å²) in [7, 11) is 0. The van der Waals surface area contributed by atoms with E-state index >= 15 is 0 Å². The summed E-state index contributed by atoms with van der Waals surface area (Å²) in [4.78, 5) is 26.0. The Bertz CT molecular complexity index is 1140. The lowest BCUT2D eigenvalue weighted by Gasteiger charge is -2.36. The van der Waals surface area contributed by atoms with Crippen molar-refractivity contribution < 1.29 is 9.53 Å². The number of fused-ring (bicyclic) bond motifs is 1. The topological polar surface area (TPSA) is 63.0 Å².